The van der Waals surface area contributed by atoms with Gasteiger partial charge in [0.05, 0.1) is 0 Å². The highest BCUT2D eigenvalue weighted by Gasteiger charge is 2.28. The zero-order valence-corrected chi connectivity index (χ0v) is 13.2. The Morgan fingerprint density at radius 1 is 1.35 bits per heavy atom. The number of nitrogens with one attached hydrogen (secondary N) is 1. The zero-order chi connectivity index (χ0) is 14.4. The van der Waals surface area contributed by atoms with Gasteiger partial charge in [0.1, 0.15) is 0 Å². The van der Waals surface area contributed by atoms with Crippen LogP contribution < -0.4 is 5.32 Å². The molecule has 0 saturated heterocycles. The maximum absolute atomic E-state index is 5.28. The molecule has 0 aromatic heterocycles. The van der Waals surface area contributed by atoms with Gasteiger partial charge >= 0.3 is 0 Å². The van der Waals surface area contributed by atoms with Crippen LogP contribution in [-0.4, -0.2) is 26.3 Å². The van der Waals surface area contributed by atoms with Crippen LogP contribution in [0.3, 0.4) is 0 Å². The average Bonchev–Trinajstić information content (AvgIpc) is 2.42. The summed E-state index contributed by atoms with van der Waals surface area (Å²) in [6, 6.07) is 9.53. The lowest BCUT2D eigenvalue weighted by Gasteiger charge is -2.34. The Morgan fingerprint density at radius 3 is 2.85 bits per heavy atom. The van der Waals surface area contributed by atoms with Gasteiger partial charge in [0.15, 0.2) is 0 Å². The first-order chi connectivity index (χ1) is 9.74. The molecule has 2 heteroatoms. The second-order valence-corrected chi connectivity index (χ2v) is 6.28. The topological polar surface area (TPSA) is 21.3 Å². The molecule has 0 aliphatic heterocycles. The van der Waals surface area contributed by atoms with Crippen LogP contribution in [0.1, 0.15) is 50.2 Å². The third-order valence-corrected chi connectivity index (χ3v) is 4.35. The molecule has 1 aromatic carbocycles. The summed E-state index contributed by atoms with van der Waals surface area (Å²) >= 11 is 0. The van der Waals surface area contributed by atoms with Gasteiger partial charge in [-0.1, -0.05) is 38.1 Å². The van der Waals surface area contributed by atoms with Crippen molar-refractivity contribution in [2.24, 2.45) is 5.92 Å². The Morgan fingerprint density at radius 2 is 2.15 bits per heavy atom. The number of fused-ring (bicyclic) bond motifs is 1. The van der Waals surface area contributed by atoms with Crippen molar-refractivity contribution in [2.75, 3.05) is 20.3 Å². The van der Waals surface area contributed by atoms with Crippen LogP contribution in [0, 0.1) is 5.92 Å². The third-order valence-electron chi connectivity index (χ3n) is 4.35. The third kappa shape index (κ3) is 4.07. The van der Waals surface area contributed by atoms with E-state index in [2.05, 4.69) is 43.4 Å². The second-order valence-electron chi connectivity index (χ2n) is 6.28. The second kappa shape index (κ2) is 7.80. The molecule has 0 bridgehead atoms. The van der Waals surface area contributed by atoms with E-state index < -0.39 is 0 Å². The van der Waals surface area contributed by atoms with Crippen LogP contribution in [0.5, 0.6) is 0 Å². The zero-order valence-electron chi connectivity index (χ0n) is 13.2. The van der Waals surface area contributed by atoms with Gasteiger partial charge < -0.3 is 10.1 Å². The minimum atomic E-state index is 0.624. The molecule has 3 unspecified atom stereocenters. The van der Waals surface area contributed by atoms with Crippen LogP contribution >= 0.6 is 0 Å². The van der Waals surface area contributed by atoms with Crippen molar-refractivity contribution in [1.82, 2.24) is 5.32 Å². The van der Waals surface area contributed by atoms with E-state index in [-0.39, 0.29) is 0 Å². The number of hydrogen-bond acceptors (Lipinski definition) is 2. The van der Waals surface area contributed by atoms with Crippen molar-refractivity contribution in [3.8, 4) is 0 Å². The molecule has 2 nitrogen and oxygen atoms in total. The van der Waals surface area contributed by atoms with E-state index in [0.29, 0.717) is 12.0 Å². The fourth-order valence-corrected chi connectivity index (χ4v) is 3.37. The number of rotatable bonds is 9. The van der Waals surface area contributed by atoms with E-state index in [0.717, 1.165) is 19.1 Å². The standard InChI is InChI=1S/C18H29NO/c1-4-9-19-17(10-14(2)13-20-3)12-16-11-15-7-5-6-8-18(15)16/h5-8,14,16-17,19H,4,9-13H2,1-3H3. The summed E-state index contributed by atoms with van der Waals surface area (Å²) in [5, 5.41) is 3.73. The van der Waals surface area contributed by atoms with Gasteiger partial charge in [0, 0.05) is 19.8 Å². The number of ether oxygens (including phenoxy) is 1. The molecule has 0 amide bonds. The molecule has 0 radical (unpaired) electrons. The highest BCUT2D eigenvalue weighted by molar-refractivity contribution is 5.39. The van der Waals surface area contributed by atoms with Crippen molar-refractivity contribution in [1.29, 1.82) is 0 Å². The number of methoxy groups -OCH3 is 1. The number of benzene rings is 1. The lowest BCUT2D eigenvalue weighted by molar-refractivity contribution is 0.147. The summed E-state index contributed by atoms with van der Waals surface area (Å²) < 4.78 is 5.28. The summed E-state index contributed by atoms with van der Waals surface area (Å²) in [5.74, 6) is 1.39. The summed E-state index contributed by atoms with van der Waals surface area (Å²) in [4.78, 5) is 0. The van der Waals surface area contributed by atoms with E-state index in [1.54, 1.807) is 18.2 Å². The summed E-state index contributed by atoms with van der Waals surface area (Å²) in [6.45, 7) is 6.52. The molecule has 0 spiro atoms. The molecule has 1 N–H and O–H groups in total. The maximum atomic E-state index is 5.28. The Balaban J connectivity index is 1.88. The van der Waals surface area contributed by atoms with Crippen molar-refractivity contribution in [3.63, 3.8) is 0 Å². The van der Waals surface area contributed by atoms with Crippen molar-refractivity contribution >= 4 is 0 Å². The molecular weight excluding hydrogens is 246 g/mol. The fourth-order valence-electron chi connectivity index (χ4n) is 3.37. The lowest BCUT2D eigenvalue weighted by Crippen LogP contribution is -2.35. The first-order valence-corrected chi connectivity index (χ1v) is 8.04. The smallest absolute Gasteiger partial charge is 0.0488 e. The van der Waals surface area contributed by atoms with E-state index in [4.69, 9.17) is 4.74 Å². The highest BCUT2D eigenvalue weighted by Crippen LogP contribution is 2.38. The van der Waals surface area contributed by atoms with Crippen LogP contribution in [0.2, 0.25) is 0 Å². The Hall–Kier alpha value is -0.860. The SMILES string of the molecule is CCCNC(CC(C)COC)CC1Cc2ccccc21. The van der Waals surface area contributed by atoms with Crippen molar-refractivity contribution in [3.05, 3.63) is 35.4 Å². The monoisotopic (exact) mass is 275 g/mol. The van der Waals surface area contributed by atoms with Crippen LogP contribution in [-0.2, 0) is 11.2 Å². The first kappa shape index (κ1) is 15.5. The number of hydrogen-bond donors (Lipinski definition) is 1. The molecule has 3 atom stereocenters. The molecular formula is C18H29NO. The molecule has 0 fully saturated rings. The molecule has 1 aromatic rings. The molecule has 1 aliphatic rings. The largest absolute Gasteiger partial charge is 0.384 e. The molecule has 1 aliphatic carbocycles. The van der Waals surface area contributed by atoms with E-state index in [1.807, 2.05) is 0 Å². The van der Waals surface area contributed by atoms with E-state index in [1.165, 1.54) is 25.7 Å². The van der Waals surface area contributed by atoms with Gasteiger partial charge in [-0.15, -0.1) is 0 Å². The van der Waals surface area contributed by atoms with Gasteiger partial charge in [-0.05, 0) is 55.2 Å². The van der Waals surface area contributed by atoms with Crippen molar-refractivity contribution < 1.29 is 4.74 Å². The normalized spacial score (nSPS) is 20.1. The molecule has 0 saturated carbocycles. The Bertz CT molecular complexity index is 404. The average molecular weight is 275 g/mol. The predicted octanol–water partition coefficient (Wildman–Crippen LogP) is 3.76. The van der Waals surface area contributed by atoms with Gasteiger partial charge in [0.25, 0.3) is 0 Å². The Labute approximate surface area is 123 Å². The maximum Gasteiger partial charge on any atom is 0.0488 e. The fraction of sp³-hybridized carbons (Fsp3) is 0.667. The van der Waals surface area contributed by atoms with Crippen LogP contribution in [0.15, 0.2) is 24.3 Å². The minimum absolute atomic E-state index is 0.624. The van der Waals surface area contributed by atoms with Gasteiger partial charge in [-0.3, -0.25) is 0 Å². The first-order valence-electron chi connectivity index (χ1n) is 8.04. The summed E-state index contributed by atoms with van der Waals surface area (Å²) in [6.07, 6.45) is 4.95. The van der Waals surface area contributed by atoms with E-state index >= 15 is 0 Å². The summed E-state index contributed by atoms with van der Waals surface area (Å²) in [7, 11) is 1.80. The van der Waals surface area contributed by atoms with Crippen molar-refractivity contribution in [2.45, 2.75) is 51.5 Å². The Kier molecular flexibility index (Phi) is 6.06. The minimum Gasteiger partial charge on any atom is -0.384 e. The highest BCUT2D eigenvalue weighted by atomic mass is 16.5. The van der Waals surface area contributed by atoms with Crippen LogP contribution in [0.4, 0.5) is 0 Å². The van der Waals surface area contributed by atoms with E-state index in [9.17, 15) is 0 Å². The predicted molar refractivity (Wildman–Crippen MR) is 85.2 cm³/mol. The molecule has 0 heterocycles. The van der Waals surface area contributed by atoms with Gasteiger partial charge in [-0.2, -0.15) is 0 Å². The molecule has 112 valence electrons. The van der Waals surface area contributed by atoms with Crippen LogP contribution in [0.25, 0.3) is 0 Å². The van der Waals surface area contributed by atoms with Gasteiger partial charge in [-0.25, -0.2) is 0 Å². The lowest BCUT2D eigenvalue weighted by atomic mass is 9.73. The molecule has 2 rings (SSSR count). The summed E-state index contributed by atoms with van der Waals surface area (Å²) in [5.41, 5.74) is 3.13. The quantitative estimate of drug-likeness (QED) is 0.741. The molecule has 20 heavy (non-hydrogen) atoms. The van der Waals surface area contributed by atoms with Gasteiger partial charge in [0.2, 0.25) is 0 Å².